The maximum Gasteiger partial charge on any atom is 0.145 e. The first-order valence-electron chi connectivity index (χ1n) is 30.0. The van der Waals surface area contributed by atoms with Crippen molar-refractivity contribution in [2.45, 2.75) is 118 Å². The van der Waals surface area contributed by atoms with E-state index in [0.29, 0.717) is 6.67 Å². The van der Waals surface area contributed by atoms with Gasteiger partial charge in [-0.1, -0.05) is 205 Å². The number of benzene rings is 9. The highest BCUT2D eigenvalue weighted by atomic mass is 16.5. The van der Waals surface area contributed by atoms with Gasteiger partial charge in [-0.2, -0.15) is 0 Å². The van der Waals surface area contributed by atoms with Gasteiger partial charge in [0.25, 0.3) is 0 Å². The Hall–Kier alpha value is -8.87. The number of furan rings is 1. The summed E-state index contributed by atoms with van der Waals surface area (Å²) in [7, 11) is 0. The number of pyridine rings is 1. The predicted molar refractivity (Wildman–Crippen MR) is 355 cm³/mol. The molecule has 13 rings (SSSR count). The first-order chi connectivity index (χ1) is 40.2. The standard InChI is InChI=1S/C78H76N4O2/c1-48(2)59-21-18-22-60(49(3)4)72(59)52-42-56(80-47-81(67-26-16-15-25-66(67)80)74-61(50-28-32-53(33-29-50)76(5,6)7)23-19-24-62(74)51-30-34-54(35-31-51)77(8,9)10)45-58(43-52)83-57-36-37-65-69(46-57)82(71-44-55(40-41-79-71)78(11,12)13)68-39-38-64-63-20-14-17-27-70(63)84-75(64)73(65)68/h14-46,48-49H,47H2,1-13H3. The van der Waals surface area contributed by atoms with E-state index in [1.807, 2.05) is 12.3 Å². The molecule has 84 heavy (non-hydrogen) atoms. The fourth-order valence-corrected chi connectivity index (χ4v) is 12.8. The van der Waals surface area contributed by atoms with Crippen LogP contribution in [0.4, 0.5) is 22.7 Å². The molecular formula is C78H76N4O2. The molecule has 0 unspecified atom stereocenters. The Bertz CT molecular complexity index is 4390. The van der Waals surface area contributed by atoms with Crippen LogP contribution in [0.25, 0.3) is 82.9 Å². The number of aromatic nitrogens is 2. The third-order valence-corrected chi connectivity index (χ3v) is 17.4. The molecule has 1 aliphatic rings. The normalized spacial score (nSPS) is 13.2. The van der Waals surface area contributed by atoms with Crippen molar-refractivity contribution in [2.24, 2.45) is 0 Å². The molecule has 3 aromatic heterocycles. The molecule has 0 aliphatic carbocycles. The van der Waals surface area contributed by atoms with Crippen molar-refractivity contribution >= 4 is 66.5 Å². The van der Waals surface area contributed by atoms with Gasteiger partial charge in [0.15, 0.2) is 0 Å². The molecular weight excluding hydrogens is 1020 g/mol. The van der Waals surface area contributed by atoms with Crippen LogP contribution in [0.1, 0.15) is 130 Å². The molecule has 0 radical (unpaired) electrons. The van der Waals surface area contributed by atoms with Gasteiger partial charge in [-0.15, -0.1) is 0 Å². The highest BCUT2D eigenvalue weighted by molar-refractivity contribution is 6.24. The van der Waals surface area contributed by atoms with Crippen molar-refractivity contribution in [2.75, 3.05) is 16.5 Å². The molecule has 9 aromatic carbocycles. The van der Waals surface area contributed by atoms with Gasteiger partial charge < -0.3 is 19.0 Å². The third kappa shape index (κ3) is 9.60. The summed E-state index contributed by atoms with van der Waals surface area (Å²) >= 11 is 0. The zero-order valence-corrected chi connectivity index (χ0v) is 51.0. The van der Waals surface area contributed by atoms with Crippen molar-refractivity contribution in [1.29, 1.82) is 0 Å². The van der Waals surface area contributed by atoms with Gasteiger partial charge in [0.2, 0.25) is 0 Å². The van der Waals surface area contributed by atoms with Crippen LogP contribution in [0.5, 0.6) is 11.5 Å². The van der Waals surface area contributed by atoms with Gasteiger partial charge >= 0.3 is 0 Å². The average Bonchev–Trinajstić information content (AvgIpc) is 1.99. The lowest BCUT2D eigenvalue weighted by Gasteiger charge is -2.28. The Morgan fingerprint density at radius 1 is 0.464 bits per heavy atom. The minimum Gasteiger partial charge on any atom is -0.457 e. The number of nitrogens with zero attached hydrogens (tertiary/aromatic N) is 4. The van der Waals surface area contributed by atoms with Crippen molar-refractivity contribution in [1.82, 2.24) is 9.55 Å². The molecule has 0 saturated carbocycles. The summed E-state index contributed by atoms with van der Waals surface area (Å²) < 4.78 is 16.4. The number of fused-ring (bicyclic) bond motifs is 8. The lowest BCUT2D eigenvalue weighted by Crippen LogP contribution is -2.25. The fourth-order valence-electron chi connectivity index (χ4n) is 12.8. The van der Waals surface area contributed by atoms with Crippen LogP contribution in [0.3, 0.4) is 0 Å². The molecule has 12 aromatic rings. The molecule has 0 N–H and O–H groups in total. The van der Waals surface area contributed by atoms with E-state index in [1.54, 1.807) is 0 Å². The van der Waals surface area contributed by atoms with Gasteiger partial charge in [-0.3, -0.25) is 4.57 Å². The van der Waals surface area contributed by atoms with Gasteiger partial charge in [0, 0.05) is 51.3 Å². The van der Waals surface area contributed by atoms with E-state index in [1.165, 1.54) is 61.3 Å². The molecule has 0 fully saturated rings. The molecule has 0 saturated heterocycles. The summed E-state index contributed by atoms with van der Waals surface area (Å²) in [6.07, 6.45) is 1.94. The van der Waals surface area contributed by atoms with Crippen molar-refractivity contribution in [3.63, 3.8) is 0 Å². The summed E-state index contributed by atoms with van der Waals surface area (Å²) in [6, 6.07) is 71.6. The van der Waals surface area contributed by atoms with E-state index >= 15 is 0 Å². The van der Waals surface area contributed by atoms with Gasteiger partial charge in [-0.25, -0.2) is 4.98 Å². The number of ether oxygens (including phenoxy) is 1. The quantitative estimate of drug-likeness (QED) is 0.137. The summed E-state index contributed by atoms with van der Waals surface area (Å²) in [5.41, 5.74) is 21.8. The zero-order chi connectivity index (χ0) is 58.6. The first kappa shape index (κ1) is 54.4. The number of hydrogen-bond donors (Lipinski definition) is 0. The molecule has 4 heterocycles. The number of rotatable bonds is 10. The van der Waals surface area contributed by atoms with Crippen LogP contribution >= 0.6 is 0 Å². The summed E-state index contributed by atoms with van der Waals surface area (Å²) in [6.45, 7) is 30.2. The van der Waals surface area contributed by atoms with Crippen molar-refractivity contribution in [3.8, 4) is 50.7 Å². The molecule has 0 bridgehead atoms. The molecule has 420 valence electrons. The Labute approximate surface area is 496 Å². The van der Waals surface area contributed by atoms with E-state index in [4.69, 9.17) is 14.1 Å². The fraction of sp³-hybridized carbons (Fsp3) is 0.244. The van der Waals surface area contributed by atoms with Crippen LogP contribution in [0.15, 0.2) is 205 Å². The second kappa shape index (κ2) is 20.5. The van der Waals surface area contributed by atoms with E-state index in [-0.39, 0.29) is 28.1 Å². The Kier molecular flexibility index (Phi) is 13.3. The minimum absolute atomic E-state index is 0.0290. The smallest absolute Gasteiger partial charge is 0.145 e. The van der Waals surface area contributed by atoms with E-state index in [9.17, 15) is 0 Å². The summed E-state index contributed by atoms with van der Waals surface area (Å²) in [5.74, 6) is 2.89. The third-order valence-electron chi connectivity index (χ3n) is 17.4. The number of hydrogen-bond acceptors (Lipinski definition) is 5. The average molecular weight is 1100 g/mol. The lowest BCUT2D eigenvalue weighted by atomic mass is 9.85. The van der Waals surface area contributed by atoms with E-state index in [2.05, 4.69) is 292 Å². The van der Waals surface area contributed by atoms with Crippen LogP contribution in [0, 0.1) is 0 Å². The predicted octanol–water partition coefficient (Wildman–Crippen LogP) is 22.3. The van der Waals surface area contributed by atoms with Crippen molar-refractivity contribution in [3.05, 3.63) is 228 Å². The van der Waals surface area contributed by atoms with Crippen LogP contribution in [-0.2, 0) is 16.2 Å². The van der Waals surface area contributed by atoms with Gasteiger partial charge in [0.1, 0.15) is 35.2 Å². The number of para-hydroxylation sites is 4. The molecule has 0 spiro atoms. The maximum atomic E-state index is 7.37. The molecule has 6 heteroatoms. The maximum absolute atomic E-state index is 7.37. The van der Waals surface area contributed by atoms with Crippen molar-refractivity contribution < 1.29 is 9.15 Å². The Morgan fingerprint density at radius 3 is 1.67 bits per heavy atom. The van der Waals surface area contributed by atoms with Gasteiger partial charge in [-0.05, 0) is 145 Å². The SMILES string of the molecule is CC(C)c1cccc(C(C)C)c1-c1cc(Oc2ccc3c4c5oc6ccccc6c5ccc4n(-c4cc(C(C)(C)C)ccn4)c3c2)cc(N2CN(c3c(-c4ccc(C(C)(C)C)cc4)cccc3-c3ccc(C(C)(C)C)cc3)c3ccccc32)c1. The summed E-state index contributed by atoms with van der Waals surface area (Å²) in [5, 5.41) is 4.31. The van der Waals surface area contributed by atoms with E-state index in [0.717, 1.165) is 83.7 Å². The second-order valence-corrected chi connectivity index (χ2v) is 26.9. The van der Waals surface area contributed by atoms with Gasteiger partial charge in [0.05, 0.1) is 33.5 Å². The Morgan fingerprint density at radius 2 is 1.05 bits per heavy atom. The van der Waals surface area contributed by atoms with E-state index < -0.39 is 0 Å². The molecule has 0 amide bonds. The largest absolute Gasteiger partial charge is 0.457 e. The molecule has 6 nitrogen and oxygen atoms in total. The molecule has 0 atom stereocenters. The topological polar surface area (TPSA) is 46.7 Å². The molecule has 1 aliphatic heterocycles. The monoisotopic (exact) mass is 1100 g/mol. The minimum atomic E-state index is -0.0850. The Balaban J connectivity index is 0.997. The lowest BCUT2D eigenvalue weighted by molar-refractivity contribution is 0.483. The van der Waals surface area contributed by atoms with Crippen LogP contribution < -0.4 is 14.5 Å². The van der Waals surface area contributed by atoms with Crippen LogP contribution in [-0.4, -0.2) is 16.2 Å². The highest BCUT2D eigenvalue weighted by Crippen LogP contribution is 2.52. The number of anilines is 4. The first-order valence-corrected chi connectivity index (χ1v) is 30.0. The second-order valence-electron chi connectivity index (χ2n) is 26.9. The zero-order valence-electron chi connectivity index (χ0n) is 51.0. The summed E-state index contributed by atoms with van der Waals surface area (Å²) in [4.78, 5) is 10.1. The van der Waals surface area contributed by atoms with Crippen LogP contribution in [0.2, 0.25) is 0 Å². The highest BCUT2D eigenvalue weighted by Gasteiger charge is 2.33.